The van der Waals surface area contributed by atoms with Gasteiger partial charge in [-0.1, -0.05) is 13.0 Å². The summed E-state index contributed by atoms with van der Waals surface area (Å²) in [6.45, 7) is 3.09. The Balaban J connectivity index is 1.88. The predicted molar refractivity (Wildman–Crippen MR) is 68.4 cm³/mol. The van der Waals surface area contributed by atoms with Crippen LogP contribution in [0.3, 0.4) is 0 Å². The van der Waals surface area contributed by atoms with Crippen molar-refractivity contribution >= 4 is 11.3 Å². The summed E-state index contributed by atoms with van der Waals surface area (Å²) in [5.74, 6) is -1.06. The Kier molecular flexibility index (Phi) is 4.38. The Hall–Kier alpha value is -1.33. The number of aryl methyl sites for hydroxylation is 1. The number of thiazole rings is 1. The van der Waals surface area contributed by atoms with Gasteiger partial charge in [-0.05, 0) is 12.5 Å². The van der Waals surface area contributed by atoms with Gasteiger partial charge in [0.2, 0.25) is 0 Å². The molecule has 0 saturated carbocycles. The highest BCUT2D eigenvalue weighted by atomic mass is 32.1. The summed E-state index contributed by atoms with van der Waals surface area (Å²) in [6, 6.07) is 3.63. The van der Waals surface area contributed by atoms with E-state index in [1.807, 2.05) is 6.20 Å². The molecule has 0 fully saturated rings. The Labute approximate surface area is 109 Å². The summed E-state index contributed by atoms with van der Waals surface area (Å²) in [4.78, 5) is 5.36. The molecule has 2 nitrogen and oxygen atoms in total. The lowest BCUT2D eigenvalue weighted by molar-refractivity contribution is 0.560. The molecule has 1 N–H and O–H groups in total. The van der Waals surface area contributed by atoms with E-state index in [1.54, 1.807) is 11.3 Å². The van der Waals surface area contributed by atoms with E-state index in [4.69, 9.17) is 0 Å². The second-order valence-electron chi connectivity index (χ2n) is 3.91. The second-order valence-corrected chi connectivity index (χ2v) is 5.11. The van der Waals surface area contributed by atoms with Gasteiger partial charge in [-0.3, -0.25) is 0 Å². The quantitative estimate of drug-likeness (QED) is 0.900. The van der Waals surface area contributed by atoms with E-state index in [2.05, 4.69) is 17.2 Å². The minimum atomic E-state index is -0.550. The average molecular weight is 268 g/mol. The molecule has 1 aromatic carbocycles. The number of nitrogens with one attached hydrogen (secondary N) is 1. The summed E-state index contributed by atoms with van der Waals surface area (Å²) in [5.41, 5.74) is 0.469. The highest BCUT2D eigenvalue weighted by Gasteiger charge is 2.04. The molecule has 0 spiro atoms. The lowest BCUT2D eigenvalue weighted by Gasteiger charge is -2.04. The van der Waals surface area contributed by atoms with E-state index in [0.717, 1.165) is 22.4 Å². The summed E-state index contributed by atoms with van der Waals surface area (Å²) in [7, 11) is 0. The molecule has 0 aliphatic carbocycles. The highest BCUT2D eigenvalue weighted by molar-refractivity contribution is 7.11. The first-order chi connectivity index (χ1) is 8.69. The number of aromatic nitrogens is 1. The zero-order chi connectivity index (χ0) is 13.0. The number of benzene rings is 1. The number of halogens is 2. The fraction of sp³-hybridized carbons (Fsp3) is 0.308. The molecule has 18 heavy (non-hydrogen) atoms. The maximum atomic E-state index is 13.3. The minimum absolute atomic E-state index is 0.380. The normalized spacial score (nSPS) is 10.8. The Bertz CT molecular complexity index is 525. The third-order valence-electron chi connectivity index (χ3n) is 2.53. The molecule has 96 valence electrons. The molecule has 0 aliphatic heterocycles. The summed E-state index contributed by atoms with van der Waals surface area (Å²) >= 11 is 1.65. The van der Waals surface area contributed by atoms with Crippen molar-refractivity contribution in [1.82, 2.24) is 10.3 Å². The van der Waals surface area contributed by atoms with Gasteiger partial charge in [0.15, 0.2) is 0 Å². The van der Waals surface area contributed by atoms with E-state index >= 15 is 0 Å². The van der Waals surface area contributed by atoms with Crippen LogP contribution in [0.4, 0.5) is 8.78 Å². The predicted octanol–water partition coefficient (Wildman–Crippen LogP) is 3.27. The third-order valence-corrected chi connectivity index (χ3v) is 3.68. The molecule has 0 atom stereocenters. The van der Waals surface area contributed by atoms with Crippen LogP contribution >= 0.6 is 11.3 Å². The number of rotatable bonds is 5. The summed E-state index contributed by atoms with van der Waals surface area (Å²) in [6.07, 6.45) is 2.76. The average Bonchev–Trinajstić information content (AvgIpc) is 2.80. The molecular formula is C13H14F2N2S. The van der Waals surface area contributed by atoms with Crippen molar-refractivity contribution in [1.29, 1.82) is 0 Å². The lowest BCUT2D eigenvalue weighted by Crippen LogP contribution is -2.13. The topological polar surface area (TPSA) is 24.9 Å². The Morgan fingerprint density at radius 1 is 1.28 bits per heavy atom. The Morgan fingerprint density at radius 3 is 2.78 bits per heavy atom. The van der Waals surface area contributed by atoms with Crippen LogP contribution in [0.15, 0.2) is 24.4 Å². The fourth-order valence-electron chi connectivity index (χ4n) is 1.58. The summed E-state index contributed by atoms with van der Waals surface area (Å²) < 4.78 is 26.1. The number of hydrogen-bond acceptors (Lipinski definition) is 3. The van der Waals surface area contributed by atoms with E-state index in [-0.39, 0.29) is 0 Å². The van der Waals surface area contributed by atoms with Gasteiger partial charge >= 0.3 is 0 Å². The minimum Gasteiger partial charge on any atom is -0.308 e. The maximum Gasteiger partial charge on any atom is 0.130 e. The van der Waals surface area contributed by atoms with Gasteiger partial charge in [0.25, 0.3) is 0 Å². The molecule has 2 rings (SSSR count). The molecule has 1 heterocycles. The van der Waals surface area contributed by atoms with Crippen LogP contribution in [0.25, 0.3) is 0 Å². The second kappa shape index (κ2) is 6.02. The van der Waals surface area contributed by atoms with Crippen LogP contribution in [0, 0.1) is 11.6 Å². The van der Waals surface area contributed by atoms with Gasteiger partial charge in [0, 0.05) is 35.8 Å². The first kappa shape index (κ1) is 13.1. The van der Waals surface area contributed by atoms with Gasteiger partial charge < -0.3 is 5.32 Å². The zero-order valence-corrected chi connectivity index (χ0v) is 10.9. The molecule has 0 unspecified atom stereocenters. The summed E-state index contributed by atoms with van der Waals surface area (Å²) in [5, 5.41) is 4.22. The van der Waals surface area contributed by atoms with Crippen LogP contribution in [-0.2, 0) is 19.5 Å². The number of nitrogens with zero attached hydrogens (tertiary/aromatic N) is 1. The molecule has 0 aliphatic rings. The fourth-order valence-corrected chi connectivity index (χ4v) is 2.41. The van der Waals surface area contributed by atoms with Crippen molar-refractivity contribution in [3.8, 4) is 0 Å². The third kappa shape index (κ3) is 3.34. The van der Waals surface area contributed by atoms with Crippen molar-refractivity contribution in [2.24, 2.45) is 0 Å². The molecular weight excluding hydrogens is 254 g/mol. The lowest BCUT2D eigenvalue weighted by atomic mass is 10.2. The number of hydrogen-bond donors (Lipinski definition) is 1. The van der Waals surface area contributed by atoms with Crippen LogP contribution in [0.1, 0.15) is 22.4 Å². The molecule has 0 bridgehead atoms. The first-order valence-electron chi connectivity index (χ1n) is 5.77. The standard InChI is InChI=1S/C13H14F2N2S/c1-2-13-17-8-11(18-13)7-16-6-9-3-4-10(14)5-12(9)15/h3-5,8,16H,2,6-7H2,1H3. The molecule has 1 aromatic heterocycles. The van der Waals surface area contributed by atoms with Crippen molar-refractivity contribution in [2.45, 2.75) is 26.4 Å². The van der Waals surface area contributed by atoms with Crippen molar-refractivity contribution in [3.05, 3.63) is 51.5 Å². The van der Waals surface area contributed by atoms with E-state index in [9.17, 15) is 8.78 Å². The highest BCUT2D eigenvalue weighted by Crippen LogP contribution is 2.14. The van der Waals surface area contributed by atoms with E-state index in [0.29, 0.717) is 18.7 Å². The Morgan fingerprint density at radius 2 is 2.11 bits per heavy atom. The smallest absolute Gasteiger partial charge is 0.130 e. The molecule has 0 radical (unpaired) electrons. The largest absolute Gasteiger partial charge is 0.308 e. The van der Waals surface area contributed by atoms with Crippen molar-refractivity contribution in [2.75, 3.05) is 0 Å². The molecule has 0 amide bonds. The van der Waals surface area contributed by atoms with E-state index in [1.165, 1.54) is 12.1 Å². The zero-order valence-electron chi connectivity index (χ0n) is 10.0. The van der Waals surface area contributed by atoms with E-state index < -0.39 is 11.6 Å². The van der Waals surface area contributed by atoms with Crippen LogP contribution in [0.5, 0.6) is 0 Å². The van der Waals surface area contributed by atoms with Gasteiger partial charge in [0.1, 0.15) is 11.6 Å². The first-order valence-corrected chi connectivity index (χ1v) is 6.59. The maximum absolute atomic E-state index is 13.3. The molecule has 0 saturated heterocycles. The van der Waals surface area contributed by atoms with Gasteiger partial charge in [-0.25, -0.2) is 13.8 Å². The van der Waals surface area contributed by atoms with Gasteiger partial charge in [0.05, 0.1) is 5.01 Å². The molecule has 2 aromatic rings. The molecule has 5 heteroatoms. The monoisotopic (exact) mass is 268 g/mol. The van der Waals surface area contributed by atoms with Gasteiger partial charge in [-0.15, -0.1) is 11.3 Å². The van der Waals surface area contributed by atoms with Crippen LogP contribution in [0.2, 0.25) is 0 Å². The van der Waals surface area contributed by atoms with Crippen LogP contribution < -0.4 is 5.32 Å². The van der Waals surface area contributed by atoms with Crippen molar-refractivity contribution < 1.29 is 8.78 Å². The SMILES string of the molecule is CCc1ncc(CNCc2ccc(F)cc2F)s1. The van der Waals surface area contributed by atoms with Gasteiger partial charge in [-0.2, -0.15) is 0 Å². The van der Waals surface area contributed by atoms with Crippen LogP contribution in [-0.4, -0.2) is 4.98 Å². The van der Waals surface area contributed by atoms with Crippen molar-refractivity contribution in [3.63, 3.8) is 0 Å².